The van der Waals surface area contributed by atoms with Crippen LogP contribution in [0.2, 0.25) is 0 Å². The summed E-state index contributed by atoms with van der Waals surface area (Å²) in [6.07, 6.45) is 1.35. The number of nitroso groups, excluding NO2 is 1. The quantitative estimate of drug-likeness (QED) is 0.779. The van der Waals surface area contributed by atoms with E-state index in [0.717, 1.165) is 5.56 Å². The molecule has 21 heavy (non-hydrogen) atoms. The maximum atomic E-state index is 10.4. The molecule has 0 aliphatic rings. The number of ether oxygens (including phenoxy) is 1. The predicted molar refractivity (Wildman–Crippen MR) is 79.6 cm³/mol. The van der Waals surface area contributed by atoms with E-state index in [9.17, 15) is 4.91 Å². The van der Waals surface area contributed by atoms with Crippen molar-refractivity contribution in [2.24, 2.45) is 5.18 Å². The van der Waals surface area contributed by atoms with E-state index in [1.54, 1.807) is 18.2 Å². The third-order valence-corrected chi connectivity index (χ3v) is 2.96. The number of rotatable bonds is 3. The normalized spacial score (nSPS) is 10.8. The Bertz CT molecular complexity index is 695. The van der Waals surface area contributed by atoms with Gasteiger partial charge in [0.1, 0.15) is 11.4 Å². The van der Waals surface area contributed by atoms with Crippen molar-refractivity contribution < 1.29 is 4.74 Å². The fraction of sp³-hybridized carbons (Fsp3) is 0.250. The minimum absolute atomic E-state index is 0.174. The number of hydrogen-bond donors (Lipinski definition) is 0. The van der Waals surface area contributed by atoms with E-state index in [0.29, 0.717) is 17.2 Å². The highest BCUT2D eigenvalue weighted by atomic mass is 16.5. The molecule has 1 aromatic carbocycles. The standard InChI is InChI=1S/C16H15N3O2/c1-16(2,3)13-8-11(9-17)4-6-14(13)21-15-7-5-12(19-20)10-18-15/h4-8,10H,1-3H3. The zero-order valence-corrected chi connectivity index (χ0v) is 12.1. The Morgan fingerprint density at radius 3 is 2.52 bits per heavy atom. The molecule has 0 amide bonds. The molecule has 0 bridgehead atoms. The van der Waals surface area contributed by atoms with Crippen LogP contribution in [-0.4, -0.2) is 4.98 Å². The van der Waals surface area contributed by atoms with Gasteiger partial charge in [0.15, 0.2) is 0 Å². The highest BCUT2D eigenvalue weighted by Crippen LogP contribution is 2.34. The summed E-state index contributed by atoms with van der Waals surface area (Å²) < 4.78 is 5.77. The molecule has 5 nitrogen and oxygen atoms in total. The summed E-state index contributed by atoms with van der Waals surface area (Å²) in [6, 6.07) is 10.5. The second-order valence-corrected chi connectivity index (χ2v) is 5.62. The number of aromatic nitrogens is 1. The van der Waals surface area contributed by atoms with Gasteiger partial charge in [-0.15, -0.1) is 4.91 Å². The predicted octanol–water partition coefficient (Wildman–Crippen LogP) is 4.44. The smallest absolute Gasteiger partial charge is 0.219 e. The van der Waals surface area contributed by atoms with Crippen LogP contribution in [0.4, 0.5) is 5.69 Å². The summed E-state index contributed by atoms with van der Waals surface area (Å²) in [5, 5.41) is 11.8. The van der Waals surface area contributed by atoms with Crippen LogP contribution in [0, 0.1) is 16.2 Å². The van der Waals surface area contributed by atoms with Crippen molar-refractivity contribution >= 4 is 5.69 Å². The number of hydrogen-bond acceptors (Lipinski definition) is 5. The van der Waals surface area contributed by atoms with Gasteiger partial charge in [-0.3, -0.25) is 0 Å². The zero-order valence-electron chi connectivity index (χ0n) is 12.1. The van der Waals surface area contributed by atoms with Gasteiger partial charge >= 0.3 is 0 Å². The van der Waals surface area contributed by atoms with E-state index in [1.165, 1.54) is 12.3 Å². The number of benzene rings is 1. The van der Waals surface area contributed by atoms with E-state index < -0.39 is 0 Å². The molecule has 5 heteroatoms. The highest BCUT2D eigenvalue weighted by Gasteiger charge is 2.20. The monoisotopic (exact) mass is 281 g/mol. The van der Waals surface area contributed by atoms with E-state index in [2.05, 4.69) is 16.2 Å². The van der Waals surface area contributed by atoms with Gasteiger partial charge in [-0.1, -0.05) is 20.8 Å². The summed E-state index contributed by atoms with van der Waals surface area (Å²) in [7, 11) is 0. The molecule has 0 radical (unpaired) electrons. The van der Waals surface area contributed by atoms with E-state index in [4.69, 9.17) is 10.00 Å². The minimum Gasteiger partial charge on any atom is -0.439 e. The largest absolute Gasteiger partial charge is 0.439 e. The molecular weight excluding hydrogens is 266 g/mol. The lowest BCUT2D eigenvalue weighted by Crippen LogP contribution is -2.13. The first kappa shape index (κ1) is 14.7. The first-order valence-electron chi connectivity index (χ1n) is 6.46. The third kappa shape index (κ3) is 3.42. The Morgan fingerprint density at radius 1 is 1.24 bits per heavy atom. The first-order valence-corrected chi connectivity index (χ1v) is 6.46. The maximum absolute atomic E-state index is 10.4. The molecule has 0 aliphatic carbocycles. The molecule has 0 spiro atoms. The van der Waals surface area contributed by atoms with Crippen molar-refractivity contribution in [3.8, 4) is 17.7 Å². The Balaban J connectivity index is 2.39. The van der Waals surface area contributed by atoms with Gasteiger partial charge in [-0.2, -0.15) is 5.26 Å². The SMILES string of the molecule is CC(C)(C)c1cc(C#N)ccc1Oc1ccc(N=O)cn1. The average Bonchev–Trinajstić information content (AvgIpc) is 2.47. The van der Waals surface area contributed by atoms with Crippen LogP contribution in [-0.2, 0) is 5.41 Å². The molecule has 106 valence electrons. The van der Waals surface area contributed by atoms with E-state index in [-0.39, 0.29) is 11.1 Å². The summed E-state index contributed by atoms with van der Waals surface area (Å²) in [5.74, 6) is 1.01. The van der Waals surface area contributed by atoms with Gasteiger partial charge < -0.3 is 4.74 Å². The number of nitriles is 1. The van der Waals surface area contributed by atoms with E-state index in [1.807, 2.05) is 26.8 Å². The van der Waals surface area contributed by atoms with Gasteiger partial charge in [0.25, 0.3) is 0 Å². The van der Waals surface area contributed by atoms with Gasteiger partial charge in [0, 0.05) is 11.6 Å². The van der Waals surface area contributed by atoms with Gasteiger partial charge in [-0.25, -0.2) is 4.98 Å². The summed E-state index contributed by atoms with van der Waals surface area (Å²) in [4.78, 5) is 14.4. The van der Waals surface area contributed by atoms with Crippen molar-refractivity contribution in [3.63, 3.8) is 0 Å². The summed E-state index contributed by atoms with van der Waals surface area (Å²) in [6.45, 7) is 6.13. The highest BCUT2D eigenvalue weighted by molar-refractivity contribution is 5.47. The molecule has 0 aliphatic heterocycles. The van der Waals surface area contributed by atoms with Crippen molar-refractivity contribution in [2.75, 3.05) is 0 Å². The number of nitrogens with zero attached hydrogens (tertiary/aromatic N) is 3. The molecule has 0 saturated heterocycles. The Kier molecular flexibility index (Phi) is 3.99. The number of pyridine rings is 1. The fourth-order valence-electron chi connectivity index (χ4n) is 1.87. The van der Waals surface area contributed by atoms with Crippen molar-refractivity contribution in [3.05, 3.63) is 52.6 Å². The van der Waals surface area contributed by atoms with Crippen LogP contribution >= 0.6 is 0 Å². The topological polar surface area (TPSA) is 75.3 Å². The molecule has 0 atom stereocenters. The molecule has 2 rings (SSSR count). The Labute approximate surface area is 123 Å². The van der Waals surface area contributed by atoms with Crippen LogP contribution in [0.5, 0.6) is 11.6 Å². The molecule has 0 saturated carbocycles. The first-order chi connectivity index (χ1) is 9.94. The minimum atomic E-state index is -0.174. The zero-order chi connectivity index (χ0) is 15.5. The second kappa shape index (κ2) is 5.71. The second-order valence-electron chi connectivity index (χ2n) is 5.62. The average molecular weight is 281 g/mol. The molecule has 0 fully saturated rings. The third-order valence-electron chi connectivity index (χ3n) is 2.96. The molecule has 1 aromatic heterocycles. The van der Waals surface area contributed by atoms with Gasteiger partial charge in [0.2, 0.25) is 5.88 Å². The van der Waals surface area contributed by atoms with E-state index >= 15 is 0 Å². The van der Waals surface area contributed by atoms with Crippen molar-refractivity contribution in [2.45, 2.75) is 26.2 Å². The van der Waals surface area contributed by atoms with Crippen LogP contribution in [0.25, 0.3) is 0 Å². The summed E-state index contributed by atoms with van der Waals surface area (Å²) in [5.41, 5.74) is 1.58. The summed E-state index contributed by atoms with van der Waals surface area (Å²) >= 11 is 0. The Morgan fingerprint density at radius 2 is 2.00 bits per heavy atom. The van der Waals surface area contributed by atoms with Crippen molar-refractivity contribution in [1.29, 1.82) is 5.26 Å². The molecule has 2 aromatic rings. The lowest BCUT2D eigenvalue weighted by molar-refractivity contribution is 0.440. The maximum Gasteiger partial charge on any atom is 0.219 e. The molecule has 0 N–H and O–H groups in total. The van der Waals surface area contributed by atoms with Crippen LogP contribution < -0.4 is 4.74 Å². The molecule has 1 heterocycles. The molecular formula is C16H15N3O2. The Hall–Kier alpha value is -2.74. The van der Waals surface area contributed by atoms with Crippen LogP contribution in [0.3, 0.4) is 0 Å². The van der Waals surface area contributed by atoms with Gasteiger partial charge in [-0.05, 0) is 34.9 Å². The molecule has 0 unspecified atom stereocenters. The van der Waals surface area contributed by atoms with Crippen molar-refractivity contribution in [1.82, 2.24) is 4.98 Å². The fourth-order valence-corrected chi connectivity index (χ4v) is 1.87. The van der Waals surface area contributed by atoms with Gasteiger partial charge in [0.05, 0.1) is 17.8 Å². The van der Waals surface area contributed by atoms with Crippen LogP contribution in [0.1, 0.15) is 31.9 Å². The lowest BCUT2D eigenvalue weighted by atomic mass is 9.85. The lowest BCUT2D eigenvalue weighted by Gasteiger charge is -2.22. The van der Waals surface area contributed by atoms with Crippen LogP contribution in [0.15, 0.2) is 41.7 Å².